The average molecular weight is 497 g/mol. The van der Waals surface area contributed by atoms with Crippen LogP contribution in [0.15, 0.2) is 71.6 Å². The number of hydrogen-bond donors (Lipinski definition) is 1. The zero-order valence-corrected chi connectivity index (χ0v) is 21.4. The van der Waals surface area contributed by atoms with E-state index in [0.717, 1.165) is 21.2 Å². The number of anilines is 1. The molecule has 0 atom stereocenters. The molecule has 1 amide bonds. The number of nitrogens with zero attached hydrogens (tertiary/aromatic N) is 1. The van der Waals surface area contributed by atoms with Crippen molar-refractivity contribution in [2.45, 2.75) is 32.6 Å². The molecule has 186 valence electrons. The molecule has 3 rings (SSSR count). The highest BCUT2D eigenvalue weighted by atomic mass is 32.2. The molecule has 1 N–H and O–H groups in total. The third kappa shape index (κ3) is 6.99. The number of hydrogen-bond acceptors (Lipinski definition) is 5. The number of carbonyl (C=O) groups excluding carboxylic acids is 1. The van der Waals surface area contributed by atoms with Gasteiger partial charge in [0.25, 0.3) is 10.0 Å². The molecule has 0 aromatic heterocycles. The van der Waals surface area contributed by atoms with Crippen molar-refractivity contribution in [2.24, 2.45) is 0 Å². The first-order valence-electron chi connectivity index (χ1n) is 11.5. The lowest BCUT2D eigenvalue weighted by molar-refractivity contribution is -0.119. The minimum Gasteiger partial charge on any atom is -0.494 e. The summed E-state index contributed by atoms with van der Waals surface area (Å²) in [4.78, 5) is 12.8. The number of nitrogens with one attached hydrogen (secondary N) is 1. The van der Waals surface area contributed by atoms with E-state index < -0.39 is 15.9 Å². The molecule has 8 heteroatoms. The predicted octanol–water partition coefficient (Wildman–Crippen LogP) is 4.40. The molecular weight excluding hydrogens is 464 g/mol. The van der Waals surface area contributed by atoms with Gasteiger partial charge in [0.15, 0.2) is 0 Å². The van der Waals surface area contributed by atoms with E-state index in [9.17, 15) is 13.2 Å². The Bertz CT molecular complexity index is 1240. The Morgan fingerprint density at radius 2 is 1.51 bits per heavy atom. The normalized spacial score (nSPS) is 11.1. The van der Waals surface area contributed by atoms with Crippen molar-refractivity contribution in [3.05, 3.63) is 83.4 Å². The van der Waals surface area contributed by atoms with Gasteiger partial charge in [-0.2, -0.15) is 0 Å². The zero-order valence-electron chi connectivity index (χ0n) is 20.6. The number of sulfonamides is 1. The van der Waals surface area contributed by atoms with E-state index in [1.807, 2.05) is 58.0 Å². The second-order valence-electron chi connectivity index (χ2n) is 8.20. The Hall–Kier alpha value is -3.52. The minimum absolute atomic E-state index is 0.0763. The molecule has 0 heterocycles. The van der Waals surface area contributed by atoms with Crippen LogP contribution in [-0.2, 0) is 14.8 Å². The highest BCUT2D eigenvalue weighted by molar-refractivity contribution is 7.92. The SMILES string of the molecule is CCOc1ccc(S(=O)(=O)N(CC(=O)NCCOc2ccc(C)c(C)c2)c2ccc(C)cc2)cc1. The molecule has 3 aromatic rings. The smallest absolute Gasteiger partial charge is 0.264 e. The molecular formula is C27H32N2O5S. The minimum atomic E-state index is -3.99. The molecule has 0 radical (unpaired) electrons. The van der Waals surface area contributed by atoms with Crippen LogP contribution >= 0.6 is 0 Å². The number of ether oxygens (including phenoxy) is 2. The molecule has 3 aromatic carbocycles. The third-order valence-corrected chi connectivity index (χ3v) is 7.29. The zero-order chi connectivity index (χ0) is 25.4. The van der Waals surface area contributed by atoms with Crippen LogP contribution in [-0.4, -0.2) is 40.6 Å². The largest absolute Gasteiger partial charge is 0.494 e. The van der Waals surface area contributed by atoms with Crippen LogP contribution in [0, 0.1) is 20.8 Å². The van der Waals surface area contributed by atoms with Crippen LogP contribution in [0.2, 0.25) is 0 Å². The molecule has 0 aliphatic rings. The van der Waals surface area contributed by atoms with Gasteiger partial charge in [-0.3, -0.25) is 9.10 Å². The van der Waals surface area contributed by atoms with E-state index in [1.165, 1.54) is 17.7 Å². The van der Waals surface area contributed by atoms with Crippen molar-refractivity contribution in [2.75, 3.05) is 30.6 Å². The lowest BCUT2D eigenvalue weighted by Crippen LogP contribution is -2.41. The van der Waals surface area contributed by atoms with E-state index in [0.29, 0.717) is 18.0 Å². The Morgan fingerprint density at radius 3 is 2.14 bits per heavy atom. The highest BCUT2D eigenvalue weighted by Crippen LogP contribution is 2.25. The molecule has 0 aliphatic carbocycles. The summed E-state index contributed by atoms with van der Waals surface area (Å²) < 4.78 is 39.2. The van der Waals surface area contributed by atoms with E-state index in [-0.39, 0.29) is 24.6 Å². The maximum atomic E-state index is 13.5. The second-order valence-corrected chi connectivity index (χ2v) is 10.1. The summed E-state index contributed by atoms with van der Waals surface area (Å²) in [7, 11) is -3.99. The molecule has 0 unspecified atom stereocenters. The Balaban J connectivity index is 1.70. The first-order chi connectivity index (χ1) is 16.7. The molecule has 0 saturated carbocycles. The van der Waals surface area contributed by atoms with Crippen LogP contribution in [0.25, 0.3) is 0 Å². The molecule has 0 bridgehead atoms. The number of benzene rings is 3. The van der Waals surface area contributed by atoms with Gasteiger partial charge < -0.3 is 14.8 Å². The van der Waals surface area contributed by atoms with Crippen LogP contribution < -0.4 is 19.1 Å². The number of rotatable bonds is 11. The standard InChI is InChI=1S/C27H32N2O5S/c1-5-33-24-12-14-26(15-13-24)35(31,32)29(23-9-6-20(2)7-10-23)19-27(30)28-16-17-34-25-11-8-21(3)22(4)18-25/h6-15,18H,5,16-17,19H2,1-4H3,(H,28,30). The van der Waals surface area contributed by atoms with Crippen LogP contribution in [0.4, 0.5) is 5.69 Å². The molecule has 7 nitrogen and oxygen atoms in total. The van der Waals surface area contributed by atoms with Crippen molar-refractivity contribution in [1.29, 1.82) is 0 Å². The summed E-state index contributed by atoms with van der Waals surface area (Å²) in [6, 6.07) is 19.0. The van der Waals surface area contributed by atoms with Gasteiger partial charge in [-0.05, 0) is 87.4 Å². The summed E-state index contributed by atoms with van der Waals surface area (Å²) >= 11 is 0. The number of amides is 1. The van der Waals surface area contributed by atoms with Crippen molar-refractivity contribution in [1.82, 2.24) is 5.32 Å². The highest BCUT2D eigenvalue weighted by Gasteiger charge is 2.27. The van der Waals surface area contributed by atoms with E-state index >= 15 is 0 Å². The summed E-state index contributed by atoms with van der Waals surface area (Å²) in [6.07, 6.45) is 0. The predicted molar refractivity (Wildman–Crippen MR) is 138 cm³/mol. The van der Waals surface area contributed by atoms with Crippen LogP contribution in [0.1, 0.15) is 23.6 Å². The Kier molecular flexibility index (Phi) is 8.76. The Labute approximate surface area is 207 Å². The molecule has 0 saturated heterocycles. The summed E-state index contributed by atoms with van der Waals surface area (Å²) in [5, 5.41) is 2.75. The first-order valence-corrected chi connectivity index (χ1v) is 12.9. The van der Waals surface area contributed by atoms with Crippen LogP contribution in [0.3, 0.4) is 0 Å². The fourth-order valence-corrected chi connectivity index (χ4v) is 4.80. The number of carbonyl (C=O) groups is 1. The summed E-state index contributed by atoms with van der Waals surface area (Å²) in [6.45, 7) is 8.44. The fraction of sp³-hybridized carbons (Fsp3) is 0.296. The Morgan fingerprint density at radius 1 is 0.857 bits per heavy atom. The maximum absolute atomic E-state index is 13.5. The van der Waals surface area contributed by atoms with Gasteiger partial charge in [-0.1, -0.05) is 23.8 Å². The van der Waals surface area contributed by atoms with Gasteiger partial charge in [0.1, 0.15) is 24.7 Å². The van der Waals surface area contributed by atoms with Crippen molar-refractivity contribution in [3.8, 4) is 11.5 Å². The van der Waals surface area contributed by atoms with Crippen LogP contribution in [0.5, 0.6) is 11.5 Å². The monoisotopic (exact) mass is 496 g/mol. The summed E-state index contributed by atoms with van der Waals surface area (Å²) in [5.41, 5.74) is 3.70. The van der Waals surface area contributed by atoms with Crippen molar-refractivity contribution >= 4 is 21.6 Å². The third-order valence-electron chi connectivity index (χ3n) is 5.50. The van der Waals surface area contributed by atoms with Gasteiger partial charge in [-0.15, -0.1) is 0 Å². The second kappa shape index (κ2) is 11.8. The number of aryl methyl sites for hydroxylation is 3. The van der Waals surface area contributed by atoms with Gasteiger partial charge in [0.2, 0.25) is 5.91 Å². The average Bonchev–Trinajstić information content (AvgIpc) is 2.84. The molecule has 35 heavy (non-hydrogen) atoms. The molecule has 0 aliphatic heterocycles. The van der Waals surface area contributed by atoms with Gasteiger partial charge in [0, 0.05) is 0 Å². The summed E-state index contributed by atoms with van der Waals surface area (Å²) in [5.74, 6) is 0.875. The fourth-order valence-electron chi connectivity index (χ4n) is 3.38. The molecule has 0 spiro atoms. The van der Waals surface area contributed by atoms with Gasteiger partial charge >= 0.3 is 0 Å². The lowest BCUT2D eigenvalue weighted by Gasteiger charge is -2.24. The van der Waals surface area contributed by atoms with Crippen molar-refractivity contribution < 1.29 is 22.7 Å². The van der Waals surface area contributed by atoms with Crippen molar-refractivity contribution in [3.63, 3.8) is 0 Å². The van der Waals surface area contributed by atoms with Gasteiger partial charge in [-0.25, -0.2) is 8.42 Å². The molecule has 0 fully saturated rings. The van der Waals surface area contributed by atoms with E-state index in [4.69, 9.17) is 9.47 Å². The van der Waals surface area contributed by atoms with E-state index in [1.54, 1.807) is 24.3 Å². The topological polar surface area (TPSA) is 84.9 Å². The lowest BCUT2D eigenvalue weighted by atomic mass is 10.1. The maximum Gasteiger partial charge on any atom is 0.264 e. The van der Waals surface area contributed by atoms with E-state index in [2.05, 4.69) is 5.32 Å². The first kappa shape index (κ1) is 26.1. The van der Waals surface area contributed by atoms with Gasteiger partial charge in [0.05, 0.1) is 23.7 Å². The quantitative estimate of drug-likeness (QED) is 0.398.